The average Bonchev–Trinajstić information content (AvgIpc) is 3.32. The number of nitrogens with zero attached hydrogens (tertiary/aromatic N) is 4. The van der Waals surface area contributed by atoms with Crippen molar-refractivity contribution in [3.05, 3.63) is 48.1 Å². The minimum absolute atomic E-state index is 0.0520. The number of likely N-dealkylation sites (tertiary alicyclic amines) is 1. The Morgan fingerprint density at radius 1 is 1.04 bits per heavy atom. The zero-order valence-electron chi connectivity index (χ0n) is 13.4. The topological polar surface area (TPSA) is 71.7 Å². The van der Waals surface area contributed by atoms with E-state index in [4.69, 9.17) is 9.26 Å². The Balaban J connectivity index is 1.57. The molecule has 24 heavy (non-hydrogen) atoms. The number of rotatable bonds is 2. The summed E-state index contributed by atoms with van der Waals surface area (Å²) in [5.74, 6) is 0.895. The lowest BCUT2D eigenvalue weighted by Crippen LogP contribution is -2.47. The molecular formula is C17H20N4O3. The van der Waals surface area contributed by atoms with E-state index in [1.54, 1.807) is 0 Å². The number of hydrogen-bond donors (Lipinski definition) is 0. The Morgan fingerprint density at radius 2 is 1.79 bits per heavy atom. The molecule has 1 aromatic carbocycles. The van der Waals surface area contributed by atoms with Gasteiger partial charge in [-0.2, -0.15) is 4.98 Å². The first kappa shape index (κ1) is 15.1. The third-order valence-corrected chi connectivity index (χ3v) is 4.81. The fourth-order valence-electron chi connectivity index (χ4n) is 3.56. The molecule has 0 saturated carbocycles. The summed E-state index contributed by atoms with van der Waals surface area (Å²) in [7, 11) is 0. The highest BCUT2D eigenvalue weighted by molar-refractivity contribution is 5.75. The zero-order valence-corrected chi connectivity index (χ0v) is 13.4. The fraction of sp³-hybridized carbons (Fsp3) is 0.471. The predicted molar refractivity (Wildman–Crippen MR) is 85.6 cm³/mol. The van der Waals surface area contributed by atoms with E-state index in [-0.39, 0.29) is 17.9 Å². The zero-order chi connectivity index (χ0) is 16.4. The van der Waals surface area contributed by atoms with Crippen molar-refractivity contribution in [2.24, 2.45) is 0 Å². The van der Waals surface area contributed by atoms with E-state index in [0.717, 1.165) is 0 Å². The van der Waals surface area contributed by atoms with Gasteiger partial charge in [-0.3, -0.25) is 0 Å². The SMILES string of the molecule is O=C(N1CCOCC1)N1C[C@H](c2ncon2)[C@H](c2ccccc2)C1. The van der Waals surface area contributed by atoms with Crippen LogP contribution in [-0.2, 0) is 4.74 Å². The molecule has 126 valence electrons. The van der Waals surface area contributed by atoms with Crippen LogP contribution in [0.1, 0.15) is 23.2 Å². The summed E-state index contributed by atoms with van der Waals surface area (Å²) >= 11 is 0. The van der Waals surface area contributed by atoms with Crippen LogP contribution in [0, 0.1) is 0 Å². The monoisotopic (exact) mass is 328 g/mol. The van der Waals surface area contributed by atoms with Crippen LogP contribution in [0.25, 0.3) is 0 Å². The van der Waals surface area contributed by atoms with E-state index >= 15 is 0 Å². The van der Waals surface area contributed by atoms with Gasteiger partial charge < -0.3 is 19.1 Å². The van der Waals surface area contributed by atoms with Crippen molar-refractivity contribution >= 4 is 6.03 Å². The molecule has 2 aromatic rings. The summed E-state index contributed by atoms with van der Waals surface area (Å²) in [5, 5.41) is 4.02. The molecule has 2 fully saturated rings. The fourth-order valence-corrected chi connectivity index (χ4v) is 3.56. The van der Waals surface area contributed by atoms with E-state index in [2.05, 4.69) is 22.3 Å². The third-order valence-electron chi connectivity index (χ3n) is 4.81. The Kier molecular flexibility index (Phi) is 4.17. The van der Waals surface area contributed by atoms with Gasteiger partial charge >= 0.3 is 6.03 Å². The van der Waals surface area contributed by atoms with Crippen molar-refractivity contribution in [3.8, 4) is 0 Å². The van der Waals surface area contributed by atoms with Crippen LogP contribution < -0.4 is 0 Å². The summed E-state index contributed by atoms with van der Waals surface area (Å²) in [6, 6.07) is 10.3. The van der Waals surface area contributed by atoms with Gasteiger partial charge in [0.05, 0.1) is 13.2 Å². The number of benzene rings is 1. The Morgan fingerprint density at radius 3 is 2.50 bits per heavy atom. The van der Waals surface area contributed by atoms with Crippen molar-refractivity contribution < 1.29 is 14.1 Å². The summed E-state index contributed by atoms with van der Waals surface area (Å²) in [5.41, 5.74) is 1.20. The van der Waals surface area contributed by atoms with Gasteiger partial charge in [-0.15, -0.1) is 0 Å². The smallest absolute Gasteiger partial charge is 0.320 e. The van der Waals surface area contributed by atoms with Gasteiger partial charge in [0.25, 0.3) is 0 Å². The molecule has 0 radical (unpaired) electrons. The highest BCUT2D eigenvalue weighted by atomic mass is 16.5. The molecule has 0 unspecified atom stereocenters. The van der Waals surface area contributed by atoms with E-state index in [0.29, 0.717) is 45.2 Å². The number of ether oxygens (including phenoxy) is 1. The van der Waals surface area contributed by atoms with Crippen LogP contribution in [0.4, 0.5) is 4.79 Å². The van der Waals surface area contributed by atoms with E-state index in [9.17, 15) is 4.79 Å². The molecule has 3 heterocycles. The van der Waals surface area contributed by atoms with E-state index in [1.807, 2.05) is 28.0 Å². The van der Waals surface area contributed by atoms with Crippen LogP contribution in [0.15, 0.2) is 41.2 Å². The van der Waals surface area contributed by atoms with Gasteiger partial charge in [0.15, 0.2) is 5.82 Å². The molecule has 2 amide bonds. The van der Waals surface area contributed by atoms with Crippen LogP contribution in [0.5, 0.6) is 0 Å². The molecule has 0 bridgehead atoms. The van der Waals surface area contributed by atoms with Crippen molar-refractivity contribution in [2.75, 3.05) is 39.4 Å². The predicted octanol–water partition coefficient (Wildman–Crippen LogP) is 1.70. The number of urea groups is 1. The number of amides is 2. The lowest BCUT2D eigenvalue weighted by molar-refractivity contribution is 0.0450. The van der Waals surface area contributed by atoms with Crippen molar-refractivity contribution in [1.82, 2.24) is 19.9 Å². The third kappa shape index (κ3) is 2.87. The van der Waals surface area contributed by atoms with Crippen LogP contribution in [-0.4, -0.2) is 65.4 Å². The van der Waals surface area contributed by atoms with Gasteiger partial charge in [0.1, 0.15) is 0 Å². The molecule has 7 heteroatoms. The largest absolute Gasteiger partial charge is 0.378 e. The number of carbonyl (C=O) groups is 1. The van der Waals surface area contributed by atoms with Gasteiger partial charge in [-0.05, 0) is 5.56 Å². The van der Waals surface area contributed by atoms with Gasteiger partial charge in [-0.1, -0.05) is 35.5 Å². The number of carbonyl (C=O) groups excluding carboxylic acids is 1. The molecule has 1 aromatic heterocycles. The molecule has 2 aliphatic heterocycles. The molecule has 0 spiro atoms. The molecule has 2 atom stereocenters. The summed E-state index contributed by atoms with van der Waals surface area (Å²) < 4.78 is 10.3. The molecule has 2 aliphatic rings. The van der Waals surface area contributed by atoms with Gasteiger partial charge in [0, 0.05) is 38.0 Å². The van der Waals surface area contributed by atoms with Crippen molar-refractivity contribution in [2.45, 2.75) is 11.8 Å². The van der Waals surface area contributed by atoms with Gasteiger partial charge in [0.2, 0.25) is 6.39 Å². The minimum atomic E-state index is 0.0520. The minimum Gasteiger partial charge on any atom is -0.378 e. The standard InChI is InChI=1S/C17H20N4O3/c22-17(20-6-8-23-9-7-20)21-10-14(13-4-2-1-3-5-13)15(11-21)16-18-12-24-19-16/h1-5,12,14-15H,6-11H2/t14-,15-/m0/s1. The highest BCUT2D eigenvalue weighted by Gasteiger charge is 2.40. The number of morpholine rings is 1. The molecule has 7 nitrogen and oxygen atoms in total. The second-order valence-corrected chi connectivity index (χ2v) is 6.20. The lowest BCUT2D eigenvalue weighted by atomic mass is 9.88. The summed E-state index contributed by atoms with van der Waals surface area (Å²) in [4.78, 5) is 20.8. The molecular weight excluding hydrogens is 308 g/mol. The molecule has 4 rings (SSSR count). The van der Waals surface area contributed by atoms with Crippen molar-refractivity contribution in [1.29, 1.82) is 0 Å². The van der Waals surface area contributed by atoms with E-state index in [1.165, 1.54) is 12.0 Å². The molecule has 0 aliphatic carbocycles. The lowest BCUT2D eigenvalue weighted by Gasteiger charge is -2.31. The normalized spacial score (nSPS) is 24.3. The quantitative estimate of drug-likeness (QED) is 0.839. The van der Waals surface area contributed by atoms with Gasteiger partial charge in [-0.25, -0.2) is 4.79 Å². The maximum atomic E-state index is 12.8. The molecule has 0 N–H and O–H groups in total. The Bertz CT molecular complexity index is 670. The second-order valence-electron chi connectivity index (χ2n) is 6.20. The number of hydrogen-bond acceptors (Lipinski definition) is 5. The maximum Gasteiger partial charge on any atom is 0.320 e. The molecule has 2 saturated heterocycles. The summed E-state index contributed by atoms with van der Waals surface area (Å²) in [6.45, 7) is 3.79. The maximum absolute atomic E-state index is 12.8. The van der Waals surface area contributed by atoms with Crippen molar-refractivity contribution in [3.63, 3.8) is 0 Å². The van der Waals surface area contributed by atoms with Crippen LogP contribution >= 0.6 is 0 Å². The number of aromatic nitrogens is 2. The first-order chi connectivity index (χ1) is 11.8. The first-order valence-electron chi connectivity index (χ1n) is 8.26. The van der Waals surface area contributed by atoms with Crippen LogP contribution in [0.3, 0.4) is 0 Å². The Hall–Kier alpha value is -2.41. The van der Waals surface area contributed by atoms with Crippen LogP contribution in [0.2, 0.25) is 0 Å². The average molecular weight is 328 g/mol. The first-order valence-corrected chi connectivity index (χ1v) is 8.26. The highest BCUT2D eigenvalue weighted by Crippen LogP contribution is 2.38. The van der Waals surface area contributed by atoms with E-state index < -0.39 is 0 Å². The summed E-state index contributed by atoms with van der Waals surface area (Å²) in [6.07, 6.45) is 1.35. The second kappa shape index (κ2) is 6.60. The Labute approximate surface area is 140 Å².